The summed E-state index contributed by atoms with van der Waals surface area (Å²) in [7, 11) is 3.07. The van der Waals surface area contributed by atoms with E-state index in [1.807, 2.05) is 0 Å². The highest BCUT2D eigenvalue weighted by Gasteiger charge is 2.18. The summed E-state index contributed by atoms with van der Waals surface area (Å²) in [6.07, 6.45) is 0. The molecule has 1 N–H and O–H groups in total. The van der Waals surface area contributed by atoms with Crippen LogP contribution in [0.2, 0.25) is 0 Å². The first-order chi connectivity index (χ1) is 14.4. The number of para-hydroxylation sites is 1. The fraction of sp³-hybridized carbons (Fsp3) is 0.227. The lowest BCUT2D eigenvalue weighted by molar-refractivity contribution is -0.124. The Balaban J connectivity index is 1.65. The van der Waals surface area contributed by atoms with Crippen LogP contribution in [0.1, 0.15) is 29.1 Å². The number of nitrogens with one attached hydrogen (secondary N) is 1. The summed E-state index contributed by atoms with van der Waals surface area (Å²) >= 11 is 0. The molecule has 0 fully saturated rings. The molecule has 0 unspecified atom stereocenters. The molecule has 2 aromatic carbocycles. The van der Waals surface area contributed by atoms with Crippen LogP contribution >= 0.6 is 0 Å². The minimum Gasteiger partial charge on any atom is -0.497 e. The number of carbonyl (C=O) groups is 2. The summed E-state index contributed by atoms with van der Waals surface area (Å²) in [5.41, 5.74) is 0.601. The normalized spacial score (nSPS) is 11.6. The van der Waals surface area contributed by atoms with E-state index in [0.29, 0.717) is 22.4 Å². The van der Waals surface area contributed by atoms with Crippen molar-refractivity contribution in [1.82, 2.24) is 5.32 Å². The Morgan fingerprint density at radius 2 is 1.83 bits per heavy atom. The second kappa shape index (κ2) is 9.13. The lowest BCUT2D eigenvalue weighted by Crippen LogP contribution is -2.31. The summed E-state index contributed by atoms with van der Waals surface area (Å²) < 4.78 is 20.9. The van der Waals surface area contributed by atoms with Crippen molar-refractivity contribution in [2.75, 3.05) is 20.8 Å². The number of methoxy groups -OCH3 is 2. The van der Waals surface area contributed by atoms with E-state index in [4.69, 9.17) is 18.6 Å². The summed E-state index contributed by atoms with van der Waals surface area (Å²) in [6, 6.07) is 12.4. The second-order valence-corrected chi connectivity index (χ2v) is 6.44. The third-order valence-corrected chi connectivity index (χ3v) is 4.45. The van der Waals surface area contributed by atoms with E-state index in [1.54, 1.807) is 56.5 Å². The van der Waals surface area contributed by atoms with Gasteiger partial charge in [-0.25, -0.2) is 4.79 Å². The van der Waals surface area contributed by atoms with Gasteiger partial charge in [-0.15, -0.1) is 0 Å². The van der Waals surface area contributed by atoms with Crippen LogP contribution in [0.4, 0.5) is 0 Å². The predicted molar refractivity (Wildman–Crippen MR) is 109 cm³/mol. The fourth-order valence-corrected chi connectivity index (χ4v) is 2.95. The molecule has 0 aliphatic rings. The Labute approximate surface area is 172 Å². The molecule has 1 amide bonds. The molecule has 1 aromatic heterocycles. The topological polar surface area (TPSA) is 104 Å². The minimum atomic E-state index is -0.903. The highest BCUT2D eigenvalue weighted by atomic mass is 16.5. The van der Waals surface area contributed by atoms with E-state index in [0.717, 1.165) is 6.07 Å². The van der Waals surface area contributed by atoms with Gasteiger partial charge < -0.3 is 23.9 Å². The Morgan fingerprint density at radius 1 is 1.07 bits per heavy atom. The summed E-state index contributed by atoms with van der Waals surface area (Å²) in [5.74, 6) is -0.499. The molecule has 1 heterocycles. The number of hydrogen-bond donors (Lipinski definition) is 1. The Kier molecular flexibility index (Phi) is 6.36. The molecule has 30 heavy (non-hydrogen) atoms. The van der Waals surface area contributed by atoms with Gasteiger partial charge in [0.25, 0.3) is 5.91 Å². The second-order valence-electron chi connectivity index (χ2n) is 6.44. The maximum absolute atomic E-state index is 12.2. The molecule has 156 valence electrons. The van der Waals surface area contributed by atoms with Crippen molar-refractivity contribution < 1.29 is 28.2 Å². The lowest BCUT2D eigenvalue weighted by Gasteiger charge is -2.18. The summed E-state index contributed by atoms with van der Waals surface area (Å²) in [6.45, 7) is 1.23. The van der Waals surface area contributed by atoms with Gasteiger partial charge in [0.15, 0.2) is 12.0 Å². The Morgan fingerprint density at radius 3 is 2.57 bits per heavy atom. The van der Waals surface area contributed by atoms with Crippen LogP contribution in [0.25, 0.3) is 11.0 Å². The molecule has 0 radical (unpaired) electrons. The lowest BCUT2D eigenvalue weighted by atomic mass is 10.1. The molecule has 0 aliphatic carbocycles. The number of rotatable bonds is 7. The van der Waals surface area contributed by atoms with Crippen LogP contribution in [-0.2, 0) is 9.53 Å². The summed E-state index contributed by atoms with van der Waals surface area (Å²) in [4.78, 5) is 36.5. The van der Waals surface area contributed by atoms with Gasteiger partial charge in [-0.1, -0.05) is 12.1 Å². The van der Waals surface area contributed by atoms with Gasteiger partial charge in [-0.05, 0) is 37.3 Å². The van der Waals surface area contributed by atoms with Crippen molar-refractivity contribution >= 4 is 22.8 Å². The zero-order chi connectivity index (χ0) is 21.7. The van der Waals surface area contributed by atoms with E-state index in [2.05, 4.69) is 5.32 Å². The number of hydrogen-bond acceptors (Lipinski definition) is 7. The SMILES string of the molecule is COc1ccc(OC)c([C@@H](C)NC(=O)COC(=O)c2cc(=O)c3ccccc3o2)c1. The Bertz CT molecular complexity index is 1140. The van der Waals surface area contributed by atoms with Crippen molar-refractivity contribution in [1.29, 1.82) is 0 Å². The van der Waals surface area contributed by atoms with E-state index in [-0.39, 0.29) is 16.8 Å². The number of benzene rings is 2. The van der Waals surface area contributed by atoms with Gasteiger partial charge >= 0.3 is 5.97 Å². The molecule has 8 nitrogen and oxygen atoms in total. The van der Waals surface area contributed by atoms with Gasteiger partial charge in [0.1, 0.15) is 17.1 Å². The Hall–Kier alpha value is -3.81. The van der Waals surface area contributed by atoms with Crippen molar-refractivity contribution in [3.05, 3.63) is 70.1 Å². The maximum Gasteiger partial charge on any atom is 0.374 e. The molecule has 0 saturated carbocycles. The third-order valence-electron chi connectivity index (χ3n) is 4.45. The molecule has 3 rings (SSSR count). The van der Waals surface area contributed by atoms with Gasteiger partial charge in [0.2, 0.25) is 5.76 Å². The van der Waals surface area contributed by atoms with Crippen molar-refractivity contribution in [2.24, 2.45) is 0 Å². The standard InChI is InChI=1S/C22H21NO7/c1-13(16-10-14(27-2)8-9-18(16)28-3)23-21(25)12-29-22(26)20-11-17(24)15-6-4-5-7-19(15)30-20/h4-11,13H,12H2,1-3H3,(H,23,25)/t13-/m1/s1. The third kappa shape index (κ3) is 4.60. The first-order valence-corrected chi connectivity index (χ1v) is 9.14. The molecular formula is C22H21NO7. The van der Waals surface area contributed by atoms with Crippen molar-refractivity contribution in [3.63, 3.8) is 0 Å². The molecule has 0 bridgehead atoms. The summed E-state index contributed by atoms with van der Waals surface area (Å²) in [5, 5.41) is 3.08. The first-order valence-electron chi connectivity index (χ1n) is 9.14. The molecule has 8 heteroatoms. The largest absolute Gasteiger partial charge is 0.497 e. The first kappa shape index (κ1) is 20.9. The van der Waals surface area contributed by atoms with E-state index >= 15 is 0 Å². The molecule has 1 atom stereocenters. The van der Waals surface area contributed by atoms with Gasteiger partial charge in [-0.2, -0.15) is 0 Å². The smallest absolute Gasteiger partial charge is 0.374 e. The van der Waals surface area contributed by atoms with Gasteiger partial charge in [-0.3, -0.25) is 9.59 Å². The molecule has 3 aromatic rings. The molecule has 0 saturated heterocycles. The van der Waals surface area contributed by atoms with Crippen molar-refractivity contribution in [3.8, 4) is 11.5 Å². The number of ether oxygens (including phenoxy) is 3. The maximum atomic E-state index is 12.2. The van der Waals surface area contributed by atoms with E-state index < -0.39 is 24.5 Å². The average Bonchev–Trinajstić information content (AvgIpc) is 2.76. The number of amides is 1. The van der Waals surface area contributed by atoms with E-state index in [1.165, 1.54) is 7.11 Å². The molecule has 0 spiro atoms. The fourth-order valence-electron chi connectivity index (χ4n) is 2.95. The number of fused-ring (bicyclic) bond motifs is 1. The van der Waals surface area contributed by atoms with Gasteiger partial charge in [0, 0.05) is 11.6 Å². The quantitative estimate of drug-likeness (QED) is 0.596. The number of esters is 1. The predicted octanol–water partition coefficient (Wildman–Crippen LogP) is 2.84. The zero-order valence-corrected chi connectivity index (χ0v) is 16.8. The zero-order valence-electron chi connectivity index (χ0n) is 16.8. The van der Waals surface area contributed by atoms with Crippen LogP contribution in [0.3, 0.4) is 0 Å². The van der Waals surface area contributed by atoms with Crippen molar-refractivity contribution in [2.45, 2.75) is 13.0 Å². The minimum absolute atomic E-state index is 0.264. The van der Waals surface area contributed by atoms with Crippen LogP contribution in [0.15, 0.2) is 57.7 Å². The van der Waals surface area contributed by atoms with Crippen LogP contribution in [0.5, 0.6) is 11.5 Å². The monoisotopic (exact) mass is 411 g/mol. The average molecular weight is 411 g/mol. The van der Waals surface area contributed by atoms with Gasteiger partial charge in [0.05, 0.1) is 25.6 Å². The molecular weight excluding hydrogens is 390 g/mol. The highest BCUT2D eigenvalue weighted by Crippen LogP contribution is 2.29. The highest BCUT2D eigenvalue weighted by molar-refractivity contribution is 5.90. The van der Waals surface area contributed by atoms with E-state index in [9.17, 15) is 14.4 Å². The number of carbonyl (C=O) groups excluding carboxylic acids is 2. The van der Waals surface area contributed by atoms with Crippen LogP contribution < -0.4 is 20.2 Å². The van der Waals surface area contributed by atoms with Crippen LogP contribution in [-0.4, -0.2) is 32.7 Å². The van der Waals surface area contributed by atoms with Crippen LogP contribution in [0, 0.1) is 0 Å². The molecule has 0 aliphatic heterocycles.